The van der Waals surface area contributed by atoms with Crippen LogP contribution in [0.2, 0.25) is 0 Å². The first-order valence-corrected chi connectivity index (χ1v) is 8.80. The van der Waals surface area contributed by atoms with Crippen molar-refractivity contribution in [2.24, 2.45) is 0 Å². The number of nitrogens with one attached hydrogen (secondary N) is 1. The molecule has 0 atom stereocenters. The van der Waals surface area contributed by atoms with Gasteiger partial charge in [-0.15, -0.1) is 11.3 Å². The van der Waals surface area contributed by atoms with E-state index in [1.165, 1.54) is 16.9 Å². The van der Waals surface area contributed by atoms with Crippen LogP contribution in [-0.2, 0) is 0 Å². The number of carbonyl (C=O) groups excluding carboxylic acids is 1. The molecule has 0 bridgehead atoms. The van der Waals surface area contributed by atoms with Gasteiger partial charge in [-0.2, -0.15) is 0 Å². The molecule has 0 unspecified atom stereocenters. The number of carbonyl (C=O) groups is 1. The lowest BCUT2D eigenvalue weighted by Crippen LogP contribution is -2.11. The molecule has 3 rings (SSSR count). The van der Waals surface area contributed by atoms with Crippen molar-refractivity contribution in [3.8, 4) is 11.3 Å². The number of benzene rings is 2. The molecule has 0 aliphatic heterocycles. The summed E-state index contributed by atoms with van der Waals surface area (Å²) in [5.74, 6) is 0.329. The fourth-order valence-corrected chi connectivity index (χ4v) is 3.33. The van der Waals surface area contributed by atoms with Crippen LogP contribution in [0, 0.1) is 6.92 Å². The van der Waals surface area contributed by atoms with Crippen molar-refractivity contribution < 1.29 is 4.79 Å². The zero-order valence-electron chi connectivity index (χ0n) is 14.0. The van der Waals surface area contributed by atoms with Crippen LogP contribution in [0.1, 0.15) is 40.6 Å². The van der Waals surface area contributed by atoms with Crippen molar-refractivity contribution in [3.63, 3.8) is 0 Å². The summed E-state index contributed by atoms with van der Waals surface area (Å²) in [6, 6.07) is 17.7. The third kappa shape index (κ3) is 3.54. The molecule has 1 N–H and O–H groups in total. The van der Waals surface area contributed by atoms with E-state index >= 15 is 0 Å². The Morgan fingerprint density at radius 1 is 1.04 bits per heavy atom. The van der Waals surface area contributed by atoms with E-state index in [4.69, 9.17) is 0 Å². The van der Waals surface area contributed by atoms with Crippen LogP contribution in [0.3, 0.4) is 0 Å². The highest BCUT2D eigenvalue weighted by Crippen LogP contribution is 2.30. The predicted molar refractivity (Wildman–Crippen MR) is 101 cm³/mol. The number of hydrogen-bond donors (Lipinski definition) is 1. The van der Waals surface area contributed by atoms with Crippen LogP contribution in [0.25, 0.3) is 11.3 Å². The molecule has 0 aliphatic carbocycles. The molecule has 0 fully saturated rings. The van der Waals surface area contributed by atoms with Gasteiger partial charge in [-0.25, -0.2) is 4.98 Å². The fourth-order valence-electron chi connectivity index (χ4n) is 2.50. The second-order valence-corrected chi connectivity index (χ2v) is 7.22. The van der Waals surface area contributed by atoms with Gasteiger partial charge in [0.05, 0.1) is 5.69 Å². The predicted octanol–water partition coefficient (Wildman–Crippen LogP) is 5.49. The number of aryl methyl sites for hydroxylation is 1. The summed E-state index contributed by atoms with van der Waals surface area (Å²) in [7, 11) is 0. The lowest BCUT2D eigenvalue weighted by atomic mass is 10.0. The first kappa shape index (κ1) is 16.4. The molecule has 3 nitrogen and oxygen atoms in total. The van der Waals surface area contributed by atoms with Crippen LogP contribution >= 0.6 is 11.3 Å². The molecule has 3 aromatic rings. The number of aromatic nitrogens is 1. The minimum absolute atomic E-state index is 0.126. The van der Waals surface area contributed by atoms with Gasteiger partial charge in [-0.3, -0.25) is 10.1 Å². The maximum Gasteiger partial charge on any atom is 0.257 e. The second kappa shape index (κ2) is 6.97. The SMILES string of the molecule is Cc1sc(NC(=O)c2ccc(C(C)C)cc2)nc1-c1ccccc1. The summed E-state index contributed by atoms with van der Waals surface area (Å²) in [5.41, 5.74) is 3.86. The van der Waals surface area contributed by atoms with Crippen molar-refractivity contribution in [2.75, 3.05) is 5.32 Å². The Balaban J connectivity index is 1.78. The van der Waals surface area contributed by atoms with E-state index in [0.29, 0.717) is 16.6 Å². The summed E-state index contributed by atoms with van der Waals surface area (Å²) in [5, 5.41) is 3.54. The third-order valence-corrected chi connectivity index (χ3v) is 4.79. The van der Waals surface area contributed by atoms with E-state index in [1.54, 1.807) is 0 Å². The topological polar surface area (TPSA) is 42.0 Å². The van der Waals surface area contributed by atoms with Crippen molar-refractivity contribution in [2.45, 2.75) is 26.7 Å². The lowest BCUT2D eigenvalue weighted by Gasteiger charge is -2.06. The molecule has 0 spiro atoms. The van der Waals surface area contributed by atoms with Gasteiger partial charge in [-0.05, 0) is 30.5 Å². The zero-order chi connectivity index (χ0) is 17.1. The summed E-state index contributed by atoms with van der Waals surface area (Å²) in [6.07, 6.45) is 0. The fraction of sp³-hybridized carbons (Fsp3) is 0.200. The molecule has 1 heterocycles. The molecule has 1 amide bonds. The molecule has 0 saturated heterocycles. The molecule has 2 aromatic carbocycles. The highest BCUT2D eigenvalue weighted by atomic mass is 32.1. The standard InChI is InChI=1S/C20H20N2OS/c1-13(2)15-9-11-17(12-10-15)19(23)22-20-21-18(14(3)24-20)16-7-5-4-6-8-16/h4-13H,1-3H3,(H,21,22,23). The van der Waals surface area contributed by atoms with Gasteiger partial charge < -0.3 is 0 Å². The number of thiazole rings is 1. The van der Waals surface area contributed by atoms with Gasteiger partial charge in [-0.1, -0.05) is 56.3 Å². The molecule has 4 heteroatoms. The Morgan fingerprint density at radius 3 is 2.33 bits per heavy atom. The first-order valence-electron chi connectivity index (χ1n) is 7.99. The number of hydrogen-bond acceptors (Lipinski definition) is 3. The molecule has 0 saturated carbocycles. The van der Waals surface area contributed by atoms with Crippen molar-refractivity contribution in [1.29, 1.82) is 0 Å². The van der Waals surface area contributed by atoms with E-state index in [2.05, 4.69) is 24.1 Å². The van der Waals surface area contributed by atoms with Gasteiger partial charge >= 0.3 is 0 Å². The Bertz CT molecular complexity index is 836. The Morgan fingerprint density at radius 2 is 1.71 bits per heavy atom. The molecule has 1 aromatic heterocycles. The third-order valence-electron chi connectivity index (χ3n) is 3.90. The van der Waals surface area contributed by atoms with Crippen LogP contribution in [0.15, 0.2) is 54.6 Å². The number of nitrogens with zero attached hydrogens (tertiary/aromatic N) is 1. The molecule has 0 aliphatic rings. The molecule has 0 radical (unpaired) electrons. The summed E-state index contributed by atoms with van der Waals surface area (Å²) >= 11 is 1.50. The highest BCUT2D eigenvalue weighted by Gasteiger charge is 2.13. The monoisotopic (exact) mass is 336 g/mol. The normalized spacial score (nSPS) is 10.8. The van der Waals surface area contributed by atoms with Crippen molar-refractivity contribution >= 4 is 22.4 Å². The minimum atomic E-state index is -0.126. The summed E-state index contributed by atoms with van der Waals surface area (Å²) < 4.78 is 0. The minimum Gasteiger partial charge on any atom is -0.298 e. The van der Waals surface area contributed by atoms with E-state index in [1.807, 2.05) is 61.5 Å². The van der Waals surface area contributed by atoms with E-state index in [-0.39, 0.29) is 5.91 Å². The van der Waals surface area contributed by atoms with E-state index in [9.17, 15) is 4.79 Å². The summed E-state index contributed by atoms with van der Waals surface area (Å²) in [4.78, 5) is 18.1. The van der Waals surface area contributed by atoms with Crippen LogP contribution in [0.4, 0.5) is 5.13 Å². The maximum absolute atomic E-state index is 12.4. The lowest BCUT2D eigenvalue weighted by molar-refractivity contribution is 0.102. The van der Waals surface area contributed by atoms with E-state index < -0.39 is 0 Å². The Hall–Kier alpha value is -2.46. The largest absolute Gasteiger partial charge is 0.298 e. The quantitative estimate of drug-likeness (QED) is 0.684. The Kier molecular flexibility index (Phi) is 4.76. The van der Waals surface area contributed by atoms with Crippen LogP contribution in [0.5, 0.6) is 0 Å². The number of rotatable bonds is 4. The number of amides is 1. The van der Waals surface area contributed by atoms with Crippen molar-refractivity contribution in [1.82, 2.24) is 4.98 Å². The van der Waals surface area contributed by atoms with E-state index in [0.717, 1.165) is 16.1 Å². The average molecular weight is 336 g/mol. The van der Waals surface area contributed by atoms with Crippen LogP contribution in [-0.4, -0.2) is 10.9 Å². The molecular weight excluding hydrogens is 316 g/mol. The smallest absolute Gasteiger partial charge is 0.257 e. The van der Waals surface area contributed by atoms with Gasteiger partial charge in [0.25, 0.3) is 5.91 Å². The second-order valence-electron chi connectivity index (χ2n) is 6.02. The Labute approximate surface area is 146 Å². The maximum atomic E-state index is 12.4. The first-order chi connectivity index (χ1) is 11.5. The molecule has 24 heavy (non-hydrogen) atoms. The van der Waals surface area contributed by atoms with Gasteiger partial charge in [0, 0.05) is 16.0 Å². The van der Waals surface area contributed by atoms with Gasteiger partial charge in [0.1, 0.15) is 0 Å². The number of anilines is 1. The molecular formula is C20H20N2OS. The van der Waals surface area contributed by atoms with Gasteiger partial charge in [0.2, 0.25) is 0 Å². The van der Waals surface area contributed by atoms with Crippen molar-refractivity contribution in [3.05, 3.63) is 70.6 Å². The molecule has 122 valence electrons. The zero-order valence-corrected chi connectivity index (χ0v) is 14.9. The highest BCUT2D eigenvalue weighted by molar-refractivity contribution is 7.16. The van der Waals surface area contributed by atoms with Gasteiger partial charge in [0.15, 0.2) is 5.13 Å². The summed E-state index contributed by atoms with van der Waals surface area (Å²) in [6.45, 7) is 6.30. The average Bonchev–Trinajstić information content (AvgIpc) is 2.96. The van der Waals surface area contributed by atoms with Crippen LogP contribution < -0.4 is 5.32 Å².